The summed E-state index contributed by atoms with van der Waals surface area (Å²) < 4.78 is 5.24. The minimum atomic E-state index is 0.729. The Morgan fingerprint density at radius 2 is 2.13 bits per heavy atom. The molecule has 0 spiro atoms. The highest BCUT2D eigenvalue weighted by molar-refractivity contribution is 7.10. The Morgan fingerprint density at radius 3 is 2.91 bits per heavy atom. The molecule has 0 unspecified atom stereocenters. The summed E-state index contributed by atoms with van der Waals surface area (Å²) >= 11 is 1.85. The van der Waals surface area contributed by atoms with Gasteiger partial charge in [0.05, 0.1) is 6.54 Å². The Hall–Kier alpha value is -1.24. The van der Waals surface area contributed by atoms with Gasteiger partial charge in [0.15, 0.2) is 5.82 Å². The predicted molar refractivity (Wildman–Crippen MR) is 92.3 cm³/mol. The third kappa shape index (κ3) is 4.86. The molecule has 6 heteroatoms. The maximum Gasteiger partial charge on any atom is 0.226 e. The summed E-state index contributed by atoms with van der Waals surface area (Å²) in [6.07, 6.45) is 4.60. The summed E-state index contributed by atoms with van der Waals surface area (Å²) in [5, 5.41) is 6.36. The van der Waals surface area contributed by atoms with Gasteiger partial charge in [-0.05, 0) is 56.4 Å². The quantitative estimate of drug-likeness (QED) is 0.741. The fraction of sp³-hybridized carbons (Fsp3) is 0.647. The Balaban J connectivity index is 1.48. The first kappa shape index (κ1) is 16.6. The van der Waals surface area contributed by atoms with E-state index in [1.54, 1.807) is 0 Å². The molecule has 0 saturated carbocycles. The van der Waals surface area contributed by atoms with Gasteiger partial charge in [0.2, 0.25) is 5.89 Å². The molecule has 0 N–H and O–H groups in total. The fourth-order valence-electron chi connectivity index (χ4n) is 3.02. The molecular formula is C17H26N4OS. The molecule has 126 valence electrons. The summed E-state index contributed by atoms with van der Waals surface area (Å²) in [4.78, 5) is 10.6. The van der Waals surface area contributed by atoms with E-state index in [9.17, 15) is 0 Å². The van der Waals surface area contributed by atoms with Crippen LogP contribution in [0, 0.1) is 0 Å². The highest BCUT2D eigenvalue weighted by Gasteiger charge is 2.14. The highest BCUT2D eigenvalue weighted by Crippen LogP contribution is 2.20. The number of aryl methyl sites for hydroxylation is 1. The highest BCUT2D eigenvalue weighted by atomic mass is 32.1. The molecule has 0 atom stereocenters. The van der Waals surface area contributed by atoms with Crippen LogP contribution in [0.3, 0.4) is 0 Å². The standard InChI is InChI=1S/C17H26N4OS/c1-3-6-17-18-16(19-22-17)12-20(2)11-15-9-14(13-23-15)10-21-7-4-5-8-21/h9,13H,3-8,10-12H2,1-2H3. The van der Waals surface area contributed by atoms with Crippen molar-refractivity contribution < 1.29 is 4.52 Å². The van der Waals surface area contributed by atoms with Gasteiger partial charge in [-0.15, -0.1) is 11.3 Å². The van der Waals surface area contributed by atoms with Crippen LogP contribution in [0.5, 0.6) is 0 Å². The van der Waals surface area contributed by atoms with Crippen LogP contribution in [-0.2, 0) is 26.1 Å². The van der Waals surface area contributed by atoms with E-state index in [0.717, 1.165) is 44.2 Å². The van der Waals surface area contributed by atoms with E-state index in [4.69, 9.17) is 4.52 Å². The van der Waals surface area contributed by atoms with Gasteiger partial charge in [-0.1, -0.05) is 12.1 Å². The zero-order valence-corrected chi connectivity index (χ0v) is 14.9. The molecule has 23 heavy (non-hydrogen) atoms. The molecule has 0 aliphatic carbocycles. The molecule has 1 fully saturated rings. The summed E-state index contributed by atoms with van der Waals surface area (Å²) in [5.74, 6) is 1.53. The first-order chi connectivity index (χ1) is 11.2. The monoisotopic (exact) mass is 334 g/mol. The molecule has 3 rings (SSSR count). The lowest BCUT2D eigenvalue weighted by molar-refractivity contribution is 0.301. The van der Waals surface area contributed by atoms with Gasteiger partial charge in [0.1, 0.15) is 0 Å². The van der Waals surface area contributed by atoms with E-state index < -0.39 is 0 Å². The molecule has 1 aliphatic rings. The smallest absolute Gasteiger partial charge is 0.226 e. The lowest BCUT2D eigenvalue weighted by Gasteiger charge is -2.13. The van der Waals surface area contributed by atoms with Gasteiger partial charge in [0.25, 0.3) is 0 Å². The van der Waals surface area contributed by atoms with Crippen molar-refractivity contribution in [1.82, 2.24) is 19.9 Å². The van der Waals surface area contributed by atoms with Crippen molar-refractivity contribution in [2.24, 2.45) is 0 Å². The molecular weight excluding hydrogens is 308 g/mol. The Bertz CT molecular complexity index is 603. The van der Waals surface area contributed by atoms with Gasteiger partial charge in [-0.3, -0.25) is 9.80 Å². The Labute approximate surface area is 142 Å². The van der Waals surface area contributed by atoms with Crippen LogP contribution < -0.4 is 0 Å². The summed E-state index contributed by atoms with van der Waals surface area (Å²) in [6.45, 7) is 7.39. The first-order valence-corrected chi connectivity index (χ1v) is 9.39. The van der Waals surface area contributed by atoms with Crippen LogP contribution in [0.25, 0.3) is 0 Å². The van der Waals surface area contributed by atoms with Crippen LogP contribution in [0.2, 0.25) is 0 Å². The maximum atomic E-state index is 5.24. The molecule has 0 radical (unpaired) electrons. The molecule has 0 aromatic carbocycles. The number of hydrogen-bond acceptors (Lipinski definition) is 6. The van der Waals surface area contributed by atoms with Crippen molar-refractivity contribution in [3.05, 3.63) is 33.6 Å². The van der Waals surface area contributed by atoms with Crippen molar-refractivity contribution in [2.45, 2.75) is 52.2 Å². The lowest BCUT2D eigenvalue weighted by Crippen LogP contribution is -2.18. The normalized spacial score (nSPS) is 15.8. The molecule has 0 amide bonds. The molecule has 5 nitrogen and oxygen atoms in total. The van der Waals surface area contributed by atoms with Crippen LogP contribution in [0.1, 0.15) is 48.3 Å². The number of nitrogens with zero attached hydrogens (tertiary/aromatic N) is 4. The fourth-order valence-corrected chi connectivity index (χ4v) is 3.98. The van der Waals surface area contributed by atoms with Gasteiger partial charge >= 0.3 is 0 Å². The lowest BCUT2D eigenvalue weighted by atomic mass is 10.3. The van der Waals surface area contributed by atoms with Gasteiger partial charge in [0, 0.05) is 24.4 Å². The van der Waals surface area contributed by atoms with Crippen LogP contribution >= 0.6 is 11.3 Å². The van der Waals surface area contributed by atoms with Gasteiger partial charge in [-0.25, -0.2) is 0 Å². The van der Waals surface area contributed by atoms with Crippen molar-refractivity contribution in [3.8, 4) is 0 Å². The van der Waals surface area contributed by atoms with Crippen LogP contribution in [-0.4, -0.2) is 40.1 Å². The molecule has 1 aliphatic heterocycles. The maximum absolute atomic E-state index is 5.24. The van der Waals surface area contributed by atoms with E-state index in [1.165, 1.54) is 36.4 Å². The molecule has 1 saturated heterocycles. The second kappa shape index (κ2) is 8.04. The van der Waals surface area contributed by atoms with Crippen LogP contribution in [0.4, 0.5) is 0 Å². The molecule has 2 aromatic rings. The molecule has 0 bridgehead atoms. The van der Waals surface area contributed by atoms with Gasteiger partial charge in [-0.2, -0.15) is 4.98 Å². The SMILES string of the molecule is CCCc1nc(CN(C)Cc2cc(CN3CCCC3)cs2)no1. The van der Waals surface area contributed by atoms with Gasteiger partial charge < -0.3 is 4.52 Å². The average Bonchev–Trinajstić information content (AvgIpc) is 3.24. The number of rotatable bonds is 8. The second-order valence-electron chi connectivity index (χ2n) is 6.43. The third-order valence-electron chi connectivity index (χ3n) is 4.12. The van der Waals surface area contributed by atoms with E-state index in [-0.39, 0.29) is 0 Å². The van der Waals surface area contributed by atoms with Crippen LogP contribution in [0.15, 0.2) is 16.0 Å². The van der Waals surface area contributed by atoms with Crippen molar-refractivity contribution in [3.63, 3.8) is 0 Å². The summed E-state index contributed by atoms with van der Waals surface area (Å²) in [6, 6.07) is 2.35. The zero-order valence-electron chi connectivity index (χ0n) is 14.1. The number of hydrogen-bond donors (Lipinski definition) is 0. The van der Waals surface area contributed by atoms with E-state index in [1.807, 2.05) is 11.3 Å². The minimum absolute atomic E-state index is 0.729. The Morgan fingerprint density at radius 1 is 1.30 bits per heavy atom. The Kier molecular flexibility index (Phi) is 5.80. The van der Waals surface area contributed by atoms with E-state index in [0.29, 0.717) is 0 Å². The number of thiophene rings is 1. The predicted octanol–water partition coefficient (Wildman–Crippen LogP) is 3.31. The topological polar surface area (TPSA) is 45.4 Å². The second-order valence-corrected chi connectivity index (χ2v) is 7.43. The van der Waals surface area contributed by atoms with Crippen molar-refractivity contribution in [1.29, 1.82) is 0 Å². The van der Waals surface area contributed by atoms with Crippen molar-refractivity contribution >= 4 is 11.3 Å². The zero-order chi connectivity index (χ0) is 16.1. The summed E-state index contributed by atoms with van der Waals surface area (Å²) in [7, 11) is 2.11. The number of likely N-dealkylation sites (tertiary alicyclic amines) is 1. The number of aromatic nitrogens is 2. The van der Waals surface area contributed by atoms with E-state index in [2.05, 4.69) is 45.4 Å². The minimum Gasteiger partial charge on any atom is -0.339 e. The molecule has 2 aromatic heterocycles. The van der Waals surface area contributed by atoms with Crippen molar-refractivity contribution in [2.75, 3.05) is 20.1 Å². The third-order valence-corrected chi connectivity index (χ3v) is 5.09. The first-order valence-electron chi connectivity index (χ1n) is 8.51. The average molecular weight is 334 g/mol. The summed E-state index contributed by atoms with van der Waals surface area (Å²) in [5.41, 5.74) is 1.45. The largest absolute Gasteiger partial charge is 0.339 e. The molecule has 3 heterocycles. The van der Waals surface area contributed by atoms with E-state index >= 15 is 0 Å².